The maximum atomic E-state index is 6.09. The number of halogens is 1. The summed E-state index contributed by atoms with van der Waals surface area (Å²) in [6, 6.07) is 9.45. The molecule has 0 bridgehead atoms. The Kier molecular flexibility index (Phi) is 3.77. The van der Waals surface area contributed by atoms with Crippen molar-refractivity contribution >= 4 is 44.9 Å². The average Bonchev–Trinajstić information content (AvgIpc) is 3.08. The number of fused-ring (bicyclic) bond motifs is 2. The number of aromatic amines is 1. The number of aromatic nitrogens is 4. The van der Waals surface area contributed by atoms with E-state index < -0.39 is 0 Å². The van der Waals surface area contributed by atoms with Crippen molar-refractivity contribution in [1.29, 1.82) is 0 Å². The Hall–Kier alpha value is -3.06. The predicted octanol–water partition coefficient (Wildman–Crippen LogP) is 3.92. The first-order valence-electron chi connectivity index (χ1n) is 7.47. The van der Waals surface area contributed by atoms with Gasteiger partial charge in [0.15, 0.2) is 11.5 Å². The van der Waals surface area contributed by atoms with Crippen LogP contribution in [0.5, 0.6) is 11.5 Å². The van der Waals surface area contributed by atoms with E-state index in [9.17, 15) is 0 Å². The molecule has 4 rings (SSSR count). The van der Waals surface area contributed by atoms with Crippen LogP contribution in [0.1, 0.15) is 0 Å². The fraction of sp³-hybridized carbons (Fsp3) is 0.118. The Morgan fingerprint density at radius 1 is 1.04 bits per heavy atom. The standard InChI is InChI=1S/C17H14ClN5O2/c1-24-14-6-11-13(7-15(14)25-2)21-17(18)22-16(11)20-10-4-3-9-8-19-23-12(9)5-10/h3-8H,1-2H3,(H,19,23)(H,20,21,22). The monoisotopic (exact) mass is 355 g/mol. The molecule has 0 aliphatic rings. The normalized spacial score (nSPS) is 11.0. The first kappa shape index (κ1) is 15.5. The summed E-state index contributed by atoms with van der Waals surface area (Å²) in [5.41, 5.74) is 2.43. The summed E-state index contributed by atoms with van der Waals surface area (Å²) in [4.78, 5) is 8.58. The van der Waals surface area contributed by atoms with Gasteiger partial charge in [0.05, 0.1) is 31.4 Å². The van der Waals surface area contributed by atoms with Crippen molar-refractivity contribution in [2.45, 2.75) is 0 Å². The lowest BCUT2D eigenvalue weighted by Crippen LogP contribution is -1.99. The van der Waals surface area contributed by atoms with Gasteiger partial charge in [0, 0.05) is 22.5 Å². The Morgan fingerprint density at radius 3 is 2.64 bits per heavy atom. The zero-order valence-corrected chi connectivity index (χ0v) is 14.3. The van der Waals surface area contributed by atoms with Gasteiger partial charge in [-0.25, -0.2) is 4.98 Å². The number of hydrogen-bond donors (Lipinski definition) is 2. The number of nitrogens with zero attached hydrogens (tertiary/aromatic N) is 3. The molecule has 7 nitrogen and oxygen atoms in total. The first-order chi connectivity index (χ1) is 12.2. The van der Waals surface area contributed by atoms with Crippen molar-refractivity contribution in [1.82, 2.24) is 20.2 Å². The van der Waals surface area contributed by atoms with Gasteiger partial charge in [-0.3, -0.25) is 5.10 Å². The first-order valence-corrected chi connectivity index (χ1v) is 7.85. The van der Waals surface area contributed by atoms with Crippen LogP contribution in [0.15, 0.2) is 36.5 Å². The number of anilines is 2. The fourth-order valence-electron chi connectivity index (χ4n) is 2.67. The third-order valence-electron chi connectivity index (χ3n) is 3.88. The third-order valence-corrected chi connectivity index (χ3v) is 4.05. The van der Waals surface area contributed by atoms with E-state index in [0.717, 1.165) is 22.0 Å². The lowest BCUT2D eigenvalue weighted by Gasteiger charge is -2.12. The second kappa shape index (κ2) is 6.10. The fourth-order valence-corrected chi connectivity index (χ4v) is 2.85. The molecule has 0 aliphatic heterocycles. The zero-order valence-electron chi connectivity index (χ0n) is 13.5. The number of hydrogen-bond acceptors (Lipinski definition) is 6. The molecule has 126 valence electrons. The van der Waals surface area contributed by atoms with E-state index in [1.807, 2.05) is 24.3 Å². The molecule has 0 saturated heterocycles. The molecule has 25 heavy (non-hydrogen) atoms. The van der Waals surface area contributed by atoms with Gasteiger partial charge in [-0.1, -0.05) is 0 Å². The summed E-state index contributed by atoms with van der Waals surface area (Å²) in [5.74, 6) is 1.75. The molecule has 0 unspecified atom stereocenters. The van der Waals surface area contributed by atoms with Gasteiger partial charge in [-0.15, -0.1) is 0 Å². The average molecular weight is 356 g/mol. The highest BCUT2D eigenvalue weighted by Gasteiger charge is 2.13. The highest BCUT2D eigenvalue weighted by atomic mass is 35.5. The highest BCUT2D eigenvalue weighted by Crippen LogP contribution is 2.35. The van der Waals surface area contributed by atoms with Crippen LogP contribution in [0.2, 0.25) is 5.28 Å². The summed E-state index contributed by atoms with van der Waals surface area (Å²) in [6.45, 7) is 0. The maximum absolute atomic E-state index is 6.09. The number of rotatable bonds is 4. The molecule has 0 spiro atoms. The molecule has 0 radical (unpaired) electrons. The van der Waals surface area contributed by atoms with Crippen molar-refractivity contribution < 1.29 is 9.47 Å². The number of benzene rings is 2. The summed E-state index contributed by atoms with van der Waals surface area (Å²) < 4.78 is 10.7. The largest absolute Gasteiger partial charge is 0.493 e. The van der Waals surface area contributed by atoms with Crippen LogP contribution >= 0.6 is 11.6 Å². The van der Waals surface area contributed by atoms with Crippen LogP contribution in [-0.4, -0.2) is 34.4 Å². The Morgan fingerprint density at radius 2 is 1.84 bits per heavy atom. The zero-order chi connectivity index (χ0) is 17.4. The van der Waals surface area contributed by atoms with Crippen molar-refractivity contribution in [2.24, 2.45) is 0 Å². The molecule has 0 atom stereocenters. The van der Waals surface area contributed by atoms with Crippen LogP contribution in [0.4, 0.5) is 11.5 Å². The van der Waals surface area contributed by atoms with Crippen LogP contribution in [0, 0.1) is 0 Å². The van der Waals surface area contributed by atoms with Gasteiger partial charge in [-0.2, -0.15) is 10.1 Å². The Balaban J connectivity index is 1.84. The molecular formula is C17H14ClN5O2. The van der Waals surface area contributed by atoms with Crippen LogP contribution in [0.25, 0.3) is 21.8 Å². The molecule has 0 aliphatic carbocycles. The van der Waals surface area contributed by atoms with E-state index in [1.54, 1.807) is 26.5 Å². The highest BCUT2D eigenvalue weighted by molar-refractivity contribution is 6.28. The van der Waals surface area contributed by atoms with E-state index in [-0.39, 0.29) is 5.28 Å². The van der Waals surface area contributed by atoms with E-state index in [2.05, 4.69) is 25.5 Å². The minimum Gasteiger partial charge on any atom is -0.493 e. The minimum absolute atomic E-state index is 0.143. The number of ether oxygens (including phenoxy) is 2. The van der Waals surface area contributed by atoms with Crippen LogP contribution in [0.3, 0.4) is 0 Å². The van der Waals surface area contributed by atoms with Gasteiger partial charge in [-0.05, 0) is 35.9 Å². The lowest BCUT2D eigenvalue weighted by molar-refractivity contribution is 0.356. The van der Waals surface area contributed by atoms with Gasteiger partial charge >= 0.3 is 0 Å². The Labute approximate surface area is 147 Å². The van der Waals surface area contributed by atoms with E-state index in [0.29, 0.717) is 22.8 Å². The quantitative estimate of drug-likeness (QED) is 0.540. The minimum atomic E-state index is 0.143. The summed E-state index contributed by atoms with van der Waals surface area (Å²) in [5, 5.41) is 12.2. The maximum Gasteiger partial charge on any atom is 0.224 e. The summed E-state index contributed by atoms with van der Waals surface area (Å²) >= 11 is 6.09. The molecule has 2 aromatic carbocycles. The van der Waals surface area contributed by atoms with Crippen molar-refractivity contribution in [3.63, 3.8) is 0 Å². The van der Waals surface area contributed by atoms with Crippen molar-refractivity contribution in [3.05, 3.63) is 41.8 Å². The van der Waals surface area contributed by atoms with Crippen LogP contribution < -0.4 is 14.8 Å². The van der Waals surface area contributed by atoms with E-state index in [4.69, 9.17) is 21.1 Å². The number of methoxy groups -OCH3 is 2. The smallest absolute Gasteiger partial charge is 0.224 e. The summed E-state index contributed by atoms with van der Waals surface area (Å²) in [6.07, 6.45) is 1.77. The molecular weight excluding hydrogens is 342 g/mol. The van der Waals surface area contributed by atoms with Gasteiger partial charge in [0.1, 0.15) is 5.82 Å². The van der Waals surface area contributed by atoms with Gasteiger partial charge < -0.3 is 14.8 Å². The molecule has 4 aromatic rings. The third kappa shape index (κ3) is 2.78. The van der Waals surface area contributed by atoms with E-state index >= 15 is 0 Å². The molecule has 8 heteroatoms. The Bertz CT molecular complexity index is 1080. The number of H-pyrrole nitrogens is 1. The molecule has 0 fully saturated rings. The molecule has 2 aromatic heterocycles. The molecule has 0 saturated carbocycles. The van der Waals surface area contributed by atoms with Crippen LogP contribution in [-0.2, 0) is 0 Å². The molecule has 2 N–H and O–H groups in total. The van der Waals surface area contributed by atoms with Crippen molar-refractivity contribution in [2.75, 3.05) is 19.5 Å². The van der Waals surface area contributed by atoms with Gasteiger partial charge in [0.25, 0.3) is 0 Å². The topological polar surface area (TPSA) is 85.0 Å². The predicted molar refractivity (Wildman–Crippen MR) is 97.0 cm³/mol. The molecule has 2 heterocycles. The second-order valence-electron chi connectivity index (χ2n) is 5.36. The van der Waals surface area contributed by atoms with E-state index in [1.165, 1.54) is 0 Å². The number of nitrogens with one attached hydrogen (secondary N) is 2. The SMILES string of the molecule is COc1cc2nc(Cl)nc(Nc3ccc4cn[nH]c4c3)c2cc1OC. The van der Waals surface area contributed by atoms with Gasteiger partial charge in [0.2, 0.25) is 5.28 Å². The second-order valence-corrected chi connectivity index (χ2v) is 5.70. The molecule has 0 amide bonds. The lowest BCUT2D eigenvalue weighted by atomic mass is 10.2. The van der Waals surface area contributed by atoms with Crippen molar-refractivity contribution in [3.8, 4) is 11.5 Å². The summed E-state index contributed by atoms with van der Waals surface area (Å²) in [7, 11) is 3.16.